The Kier molecular flexibility index (Phi) is 5.93. The van der Waals surface area contributed by atoms with Crippen LogP contribution < -0.4 is 0 Å². The molecule has 0 aliphatic heterocycles. The summed E-state index contributed by atoms with van der Waals surface area (Å²) in [4.78, 5) is 31.9. The van der Waals surface area contributed by atoms with Crippen LogP contribution in [0.15, 0.2) is 78.9 Å². The highest BCUT2D eigenvalue weighted by molar-refractivity contribution is 6.30. The zero-order valence-corrected chi connectivity index (χ0v) is 18.7. The number of pyridine rings is 1. The first-order valence-electron chi connectivity index (χ1n) is 11.1. The molecule has 1 aromatic heterocycles. The summed E-state index contributed by atoms with van der Waals surface area (Å²) in [6, 6.07) is 23.3. The van der Waals surface area contributed by atoms with E-state index in [0.717, 1.165) is 47.8 Å². The summed E-state index contributed by atoms with van der Waals surface area (Å²) in [5, 5.41) is 1.30. The third-order valence-corrected chi connectivity index (χ3v) is 6.32. The van der Waals surface area contributed by atoms with E-state index in [4.69, 9.17) is 21.3 Å². The predicted octanol–water partition coefficient (Wildman–Crippen LogP) is 6.55. The Morgan fingerprint density at radius 1 is 0.848 bits per heavy atom. The van der Waals surface area contributed by atoms with Gasteiger partial charge in [0, 0.05) is 27.2 Å². The van der Waals surface area contributed by atoms with Gasteiger partial charge in [-0.05, 0) is 49.4 Å². The fraction of sp³-hybridized carbons (Fsp3) is 0.179. The second kappa shape index (κ2) is 9.16. The van der Waals surface area contributed by atoms with Gasteiger partial charge in [0.2, 0.25) is 5.78 Å². The Morgan fingerprint density at radius 3 is 2.33 bits per heavy atom. The maximum atomic E-state index is 13.7. The maximum absolute atomic E-state index is 13.7. The molecule has 1 atom stereocenters. The van der Waals surface area contributed by atoms with Gasteiger partial charge in [-0.15, -0.1) is 0 Å². The summed E-state index contributed by atoms with van der Waals surface area (Å²) in [5.74, 6) is -0.783. The fourth-order valence-corrected chi connectivity index (χ4v) is 4.56. The molecule has 1 heterocycles. The number of aryl methyl sites for hydroxylation is 1. The van der Waals surface area contributed by atoms with E-state index in [9.17, 15) is 9.59 Å². The molecule has 0 saturated heterocycles. The molecule has 0 bridgehead atoms. The van der Waals surface area contributed by atoms with Crippen molar-refractivity contribution in [2.45, 2.75) is 31.8 Å². The summed E-state index contributed by atoms with van der Waals surface area (Å²) in [6.07, 6.45) is 2.58. The van der Waals surface area contributed by atoms with Gasteiger partial charge in [0.1, 0.15) is 0 Å². The summed E-state index contributed by atoms with van der Waals surface area (Å²) in [6.45, 7) is 0. The van der Waals surface area contributed by atoms with Gasteiger partial charge in [0.15, 0.2) is 6.10 Å². The lowest BCUT2D eigenvalue weighted by atomic mass is 9.89. The number of aromatic nitrogens is 1. The Hall–Kier alpha value is -3.50. The molecule has 3 aromatic carbocycles. The number of carbonyl (C=O) groups is 2. The Bertz CT molecular complexity index is 1330. The molecule has 5 rings (SSSR count). The average molecular weight is 456 g/mol. The van der Waals surface area contributed by atoms with Crippen LogP contribution >= 0.6 is 11.6 Å². The zero-order valence-electron chi connectivity index (χ0n) is 18.0. The number of rotatable bonds is 5. The number of nitrogens with zero attached hydrogens (tertiary/aromatic N) is 1. The highest BCUT2D eigenvalue weighted by atomic mass is 35.5. The van der Waals surface area contributed by atoms with E-state index < -0.39 is 12.1 Å². The van der Waals surface area contributed by atoms with Crippen molar-refractivity contribution in [2.75, 3.05) is 0 Å². The van der Waals surface area contributed by atoms with Crippen LogP contribution in [0.3, 0.4) is 0 Å². The summed E-state index contributed by atoms with van der Waals surface area (Å²) in [5.41, 5.74) is 4.23. The van der Waals surface area contributed by atoms with Crippen molar-refractivity contribution in [3.05, 3.63) is 112 Å². The van der Waals surface area contributed by atoms with Crippen molar-refractivity contribution in [3.8, 4) is 0 Å². The normalized spacial score (nSPS) is 13.8. The molecule has 0 amide bonds. The minimum Gasteiger partial charge on any atom is -0.445 e. The number of halogens is 1. The maximum Gasteiger partial charge on any atom is 0.340 e. The molecule has 0 unspecified atom stereocenters. The van der Waals surface area contributed by atoms with Gasteiger partial charge in [-0.1, -0.05) is 72.3 Å². The van der Waals surface area contributed by atoms with Crippen molar-refractivity contribution in [1.29, 1.82) is 0 Å². The molecule has 0 spiro atoms. The van der Waals surface area contributed by atoms with Gasteiger partial charge in [-0.2, -0.15) is 0 Å². The SMILES string of the molecule is O=C(O[C@@H](C(=O)c1ccccc1)c1ccc(Cl)cc1)c1c2c(nc3ccccc13)CCCC2. The Morgan fingerprint density at radius 2 is 1.55 bits per heavy atom. The lowest BCUT2D eigenvalue weighted by Crippen LogP contribution is -2.22. The largest absolute Gasteiger partial charge is 0.445 e. The van der Waals surface area contributed by atoms with Gasteiger partial charge >= 0.3 is 5.97 Å². The predicted molar refractivity (Wildman–Crippen MR) is 129 cm³/mol. The van der Waals surface area contributed by atoms with Crippen LogP contribution in [0.2, 0.25) is 5.02 Å². The van der Waals surface area contributed by atoms with Crippen LogP contribution in [0.4, 0.5) is 0 Å². The Labute approximate surface area is 197 Å². The summed E-state index contributed by atoms with van der Waals surface area (Å²) < 4.78 is 5.99. The van der Waals surface area contributed by atoms with E-state index in [1.54, 1.807) is 48.5 Å². The molecule has 4 nitrogen and oxygen atoms in total. The first-order chi connectivity index (χ1) is 16.1. The van der Waals surface area contributed by atoms with E-state index in [1.165, 1.54) is 0 Å². The van der Waals surface area contributed by atoms with Crippen molar-refractivity contribution >= 4 is 34.3 Å². The highest BCUT2D eigenvalue weighted by Crippen LogP contribution is 2.32. The number of hydrogen-bond acceptors (Lipinski definition) is 4. The second-order valence-corrected chi connectivity index (χ2v) is 8.64. The average Bonchev–Trinajstić information content (AvgIpc) is 2.86. The smallest absolute Gasteiger partial charge is 0.340 e. The first kappa shape index (κ1) is 21.4. The third kappa shape index (κ3) is 4.27. The standard InChI is InChI=1S/C28H22ClNO3/c29-20-16-14-19(15-17-20)27(26(31)18-8-2-1-3-9-18)33-28(32)25-21-10-4-6-12-23(21)30-24-13-7-5-11-22(24)25/h1-4,6,8-10,12,14-17,27H,5,7,11,13H2/t27-/m1/s1. The van der Waals surface area contributed by atoms with Crippen molar-refractivity contribution in [1.82, 2.24) is 4.98 Å². The van der Waals surface area contributed by atoms with Crippen LogP contribution in [0.25, 0.3) is 10.9 Å². The molecular weight excluding hydrogens is 434 g/mol. The topological polar surface area (TPSA) is 56.3 Å². The number of Topliss-reactive ketones (excluding diaryl/α,β-unsaturated/α-hetero) is 1. The molecule has 4 aromatic rings. The van der Waals surface area contributed by atoms with Crippen LogP contribution in [0, 0.1) is 0 Å². The molecule has 0 fully saturated rings. The number of fused-ring (bicyclic) bond motifs is 2. The van der Waals surface area contributed by atoms with Gasteiger partial charge in [-0.25, -0.2) is 4.79 Å². The van der Waals surface area contributed by atoms with Crippen molar-refractivity contribution < 1.29 is 14.3 Å². The molecule has 1 aliphatic carbocycles. The van der Waals surface area contributed by atoms with Crippen LogP contribution in [0.1, 0.15) is 56.5 Å². The number of ketones is 1. The molecule has 164 valence electrons. The van der Waals surface area contributed by atoms with Crippen LogP contribution in [-0.2, 0) is 17.6 Å². The van der Waals surface area contributed by atoms with Crippen molar-refractivity contribution in [2.24, 2.45) is 0 Å². The number of benzene rings is 3. The van der Waals surface area contributed by atoms with Gasteiger partial charge < -0.3 is 4.74 Å². The Balaban J connectivity index is 1.59. The van der Waals surface area contributed by atoms with Gasteiger partial charge in [0.05, 0.1) is 11.1 Å². The van der Waals surface area contributed by atoms with Crippen molar-refractivity contribution in [3.63, 3.8) is 0 Å². The van der Waals surface area contributed by atoms with Gasteiger partial charge in [0.25, 0.3) is 0 Å². The molecular formula is C28H22ClNO3. The van der Waals surface area contributed by atoms with Crippen LogP contribution in [-0.4, -0.2) is 16.7 Å². The number of hydrogen-bond donors (Lipinski definition) is 0. The highest BCUT2D eigenvalue weighted by Gasteiger charge is 2.30. The third-order valence-electron chi connectivity index (χ3n) is 6.07. The number of carbonyl (C=O) groups excluding carboxylic acids is 2. The van der Waals surface area contributed by atoms with E-state index in [1.807, 2.05) is 30.3 Å². The second-order valence-electron chi connectivity index (χ2n) is 8.20. The van der Waals surface area contributed by atoms with E-state index in [0.29, 0.717) is 21.7 Å². The molecule has 5 heteroatoms. The quantitative estimate of drug-likeness (QED) is 0.253. The fourth-order valence-electron chi connectivity index (χ4n) is 4.44. The van der Waals surface area contributed by atoms with Gasteiger partial charge in [-0.3, -0.25) is 9.78 Å². The number of ether oxygens (including phenoxy) is 1. The van der Waals surface area contributed by atoms with Crippen LogP contribution in [0.5, 0.6) is 0 Å². The molecule has 0 saturated carbocycles. The number of esters is 1. The summed E-state index contributed by atoms with van der Waals surface area (Å²) >= 11 is 6.06. The molecule has 0 radical (unpaired) electrons. The lowest BCUT2D eigenvalue weighted by molar-refractivity contribution is 0.0280. The van der Waals surface area contributed by atoms with E-state index >= 15 is 0 Å². The monoisotopic (exact) mass is 455 g/mol. The number of para-hydroxylation sites is 1. The molecule has 0 N–H and O–H groups in total. The molecule has 33 heavy (non-hydrogen) atoms. The van der Waals surface area contributed by atoms with E-state index in [2.05, 4.69) is 0 Å². The minimum absolute atomic E-state index is 0.279. The summed E-state index contributed by atoms with van der Waals surface area (Å²) in [7, 11) is 0. The molecule has 1 aliphatic rings. The zero-order chi connectivity index (χ0) is 22.8. The lowest BCUT2D eigenvalue weighted by Gasteiger charge is -2.22. The minimum atomic E-state index is -1.08. The first-order valence-corrected chi connectivity index (χ1v) is 11.5. The van der Waals surface area contributed by atoms with E-state index in [-0.39, 0.29) is 5.78 Å².